The number of likely N-dealkylation sites (N-methyl/N-ethyl adjacent to an activating group) is 1. The molecule has 0 aliphatic heterocycles. The topological polar surface area (TPSA) is 60.2 Å². The van der Waals surface area contributed by atoms with Crippen LogP contribution in [-0.2, 0) is 24.9 Å². The smallest absolute Gasteiger partial charge is 0.435 e. The highest BCUT2D eigenvalue weighted by Gasteiger charge is 2.85. The lowest BCUT2D eigenvalue weighted by Gasteiger charge is -2.50. The molecule has 9 nitrogen and oxygen atoms in total. The molecule has 3 aliphatic carbocycles. The van der Waals surface area contributed by atoms with E-state index in [2.05, 4.69) is 84.9 Å². The maximum Gasteiger partial charge on any atom is 0.435 e. The SMILES string of the molecule is [2H]CC(CCCCN(C)CCCSSCCCN(C)CCOc1ccc2c(c1)CC[C@@H]1[C@@H]2CC[C@]2(C)[C@@H](OCCCOC(C(F)(F)F)(C(F)(F)F)C(F)(F)F)CC[C@@H]12)COP(OCC[N+]#[C-])N(C(C)C)C(C)C. The highest BCUT2D eigenvalue weighted by atomic mass is 33.1. The summed E-state index contributed by atoms with van der Waals surface area (Å²) >= 11 is 0. The Labute approximate surface area is 435 Å². The number of halogens is 9. The van der Waals surface area contributed by atoms with Crippen LogP contribution in [0.1, 0.15) is 131 Å². The van der Waals surface area contributed by atoms with Gasteiger partial charge >= 0.3 is 24.1 Å². The van der Waals surface area contributed by atoms with Gasteiger partial charge in [-0.1, -0.05) is 47.9 Å². The van der Waals surface area contributed by atoms with E-state index < -0.39 is 45.7 Å². The van der Waals surface area contributed by atoms with Crippen LogP contribution in [0.4, 0.5) is 39.5 Å². The molecule has 72 heavy (non-hydrogen) atoms. The Kier molecular flexibility index (Phi) is 25.2. The van der Waals surface area contributed by atoms with E-state index >= 15 is 0 Å². The second-order valence-corrected chi connectivity index (χ2v) is 24.8. The Balaban J connectivity index is 1.05. The molecule has 1 aromatic rings. The summed E-state index contributed by atoms with van der Waals surface area (Å²) in [6.07, 6.45) is -10.7. The molecule has 2 saturated carbocycles. The van der Waals surface area contributed by atoms with Crippen LogP contribution in [0.25, 0.3) is 4.85 Å². The minimum Gasteiger partial charge on any atom is -0.492 e. The maximum absolute atomic E-state index is 13.3. The zero-order chi connectivity index (χ0) is 54.0. The van der Waals surface area contributed by atoms with E-state index in [1.54, 1.807) is 0 Å². The number of fused-ring (bicyclic) bond motifs is 5. The van der Waals surface area contributed by atoms with Crippen molar-refractivity contribution >= 4 is 30.1 Å². The van der Waals surface area contributed by atoms with Gasteiger partial charge in [0.05, 0.1) is 19.3 Å². The van der Waals surface area contributed by atoms with Crippen molar-refractivity contribution in [2.75, 3.05) is 91.4 Å². The molecular weight excluding hydrogens is 1010 g/mol. The van der Waals surface area contributed by atoms with Crippen molar-refractivity contribution < 1.29 is 64.1 Å². The largest absolute Gasteiger partial charge is 0.492 e. The van der Waals surface area contributed by atoms with Crippen molar-refractivity contribution in [3.63, 3.8) is 0 Å². The molecule has 21 heteroatoms. The number of hydrogen-bond donors (Lipinski definition) is 0. The molecule has 4 rings (SSSR count). The second-order valence-electron chi connectivity index (χ2n) is 20.6. The van der Waals surface area contributed by atoms with Gasteiger partial charge in [0.15, 0.2) is 0 Å². The lowest BCUT2D eigenvalue weighted by molar-refractivity contribution is -0.457. The molecule has 7 atom stereocenters. The van der Waals surface area contributed by atoms with Crippen LogP contribution in [0.2, 0.25) is 0 Å². The molecule has 0 amide bonds. The van der Waals surface area contributed by atoms with E-state index in [0.717, 1.165) is 108 Å². The van der Waals surface area contributed by atoms with Gasteiger partial charge in [-0.25, -0.2) is 11.2 Å². The van der Waals surface area contributed by atoms with Crippen LogP contribution in [0.3, 0.4) is 0 Å². The van der Waals surface area contributed by atoms with Crippen LogP contribution < -0.4 is 4.74 Å². The van der Waals surface area contributed by atoms with Gasteiger partial charge in [0, 0.05) is 38.1 Å². The average molecular weight is 1100 g/mol. The van der Waals surface area contributed by atoms with Gasteiger partial charge in [-0.05, 0) is 184 Å². The van der Waals surface area contributed by atoms with E-state index in [1.807, 2.05) is 27.7 Å². The van der Waals surface area contributed by atoms with Gasteiger partial charge in [-0.2, -0.15) is 39.5 Å². The minimum absolute atomic E-state index is 0.164. The third-order valence-electron chi connectivity index (χ3n) is 14.6. The van der Waals surface area contributed by atoms with Crippen LogP contribution in [0.5, 0.6) is 5.75 Å². The van der Waals surface area contributed by atoms with Gasteiger partial charge in [0.25, 0.3) is 8.53 Å². The second kappa shape index (κ2) is 29.5. The Morgan fingerprint density at radius 2 is 1.43 bits per heavy atom. The van der Waals surface area contributed by atoms with Crippen molar-refractivity contribution in [1.82, 2.24) is 14.5 Å². The number of alkyl halides is 9. The van der Waals surface area contributed by atoms with Crippen molar-refractivity contribution in [3.8, 4) is 5.75 Å². The van der Waals surface area contributed by atoms with Gasteiger partial charge in [-0.3, -0.25) is 0 Å². The molecule has 0 aromatic heterocycles. The van der Waals surface area contributed by atoms with Crippen LogP contribution in [-0.4, -0.2) is 148 Å². The lowest BCUT2D eigenvalue weighted by atomic mass is 9.55. The van der Waals surface area contributed by atoms with Gasteiger partial charge in [-0.15, -0.1) is 0 Å². The van der Waals surface area contributed by atoms with Crippen LogP contribution in [0, 0.1) is 29.7 Å². The average Bonchev–Trinajstić information content (AvgIpc) is 3.64. The maximum atomic E-state index is 13.3. The quantitative estimate of drug-likeness (QED) is 0.0224. The fraction of sp³-hybridized carbons (Fsp3) is 0.863. The number of rotatable bonds is 33. The molecule has 3 aliphatic rings. The number of ether oxygens (including phenoxy) is 3. The van der Waals surface area contributed by atoms with Gasteiger partial charge in [0.2, 0.25) is 6.54 Å². The van der Waals surface area contributed by atoms with Crippen molar-refractivity contribution in [1.29, 1.82) is 0 Å². The molecule has 1 aromatic carbocycles. The molecule has 0 N–H and O–H groups in total. The molecular formula is C51H82F9N4O5PS2. The van der Waals surface area contributed by atoms with E-state index in [0.29, 0.717) is 57.4 Å². The molecule has 0 radical (unpaired) electrons. The summed E-state index contributed by atoms with van der Waals surface area (Å²) in [6, 6.07) is 6.90. The number of nitrogens with zero attached hydrogens (tertiary/aromatic N) is 4. The third-order valence-corrected chi connectivity index (χ3v) is 19.2. The highest BCUT2D eigenvalue weighted by Crippen LogP contribution is 2.62. The Morgan fingerprint density at radius 1 is 0.792 bits per heavy atom. The summed E-state index contributed by atoms with van der Waals surface area (Å²) in [7, 11) is 6.90. The van der Waals surface area contributed by atoms with E-state index in [9.17, 15) is 39.5 Å². The van der Waals surface area contributed by atoms with Crippen molar-refractivity contribution in [3.05, 3.63) is 40.7 Å². The van der Waals surface area contributed by atoms with E-state index in [1.165, 1.54) is 11.1 Å². The first kappa shape index (κ1) is 61.6. The zero-order valence-electron chi connectivity index (χ0n) is 44.4. The fourth-order valence-corrected chi connectivity index (χ4v) is 14.8. The lowest BCUT2D eigenvalue weighted by Crippen LogP contribution is -2.67. The van der Waals surface area contributed by atoms with E-state index in [4.69, 9.17) is 26.5 Å². The van der Waals surface area contributed by atoms with Gasteiger partial charge in [0.1, 0.15) is 19.0 Å². The predicted octanol–water partition coefficient (Wildman–Crippen LogP) is 14.3. The molecule has 2 fully saturated rings. The first-order valence-electron chi connectivity index (χ1n) is 26.4. The molecule has 0 heterocycles. The number of benzene rings is 1. The number of aryl methyl sites for hydroxylation is 1. The fourth-order valence-electron chi connectivity index (χ4n) is 10.9. The molecule has 0 saturated heterocycles. The minimum atomic E-state index is -6.75. The van der Waals surface area contributed by atoms with Crippen LogP contribution >= 0.6 is 30.1 Å². The Morgan fingerprint density at radius 3 is 2.04 bits per heavy atom. The third kappa shape index (κ3) is 17.6. The molecule has 0 spiro atoms. The highest BCUT2D eigenvalue weighted by molar-refractivity contribution is 8.76. The summed E-state index contributed by atoms with van der Waals surface area (Å²) in [5, 5.41) is 0. The van der Waals surface area contributed by atoms with Gasteiger partial charge < -0.3 is 37.9 Å². The van der Waals surface area contributed by atoms with Crippen molar-refractivity contribution in [2.24, 2.45) is 23.2 Å². The predicted molar refractivity (Wildman–Crippen MR) is 272 cm³/mol. The normalized spacial score (nSPS) is 22.9. The summed E-state index contributed by atoms with van der Waals surface area (Å²) in [5.41, 5.74) is -3.92. The molecule has 416 valence electrons. The summed E-state index contributed by atoms with van der Waals surface area (Å²) in [4.78, 5) is 8.11. The summed E-state index contributed by atoms with van der Waals surface area (Å²) in [5.74, 6) is 4.25. The first-order valence-corrected chi connectivity index (χ1v) is 29.3. The van der Waals surface area contributed by atoms with Crippen molar-refractivity contribution in [2.45, 2.75) is 167 Å². The monoisotopic (exact) mass is 1100 g/mol. The summed E-state index contributed by atoms with van der Waals surface area (Å²) in [6.45, 7) is 22.0. The first-order chi connectivity index (χ1) is 34.4. The Hall–Kier alpha value is -1.27. The number of unbranched alkanes of at least 4 members (excludes halogenated alkanes) is 1. The van der Waals surface area contributed by atoms with Crippen LogP contribution in [0.15, 0.2) is 18.2 Å². The molecule has 0 bridgehead atoms. The Bertz CT molecular complexity index is 1760. The van der Waals surface area contributed by atoms with E-state index in [-0.39, 0.29) is 36.1 Å². The zero-order valence-corrected chi connectivity index (χ0v) is 46.0. The summed E-state index contributed by atoms with van der Waals surface area (Å²) < 4.78 is 158. The molecule has 2 unspecified atom stereocenters. The standard InChI is InChI=1S/C51H82F9N4O5PS2/c1-37(2)64(38(3)4)70(68-31-24-61-7)69-36-39(5)15-10-11-25-62(8)26-12-33-71-72-34-13-27-63(9)28-32-65-41-17-19-42-40(35-41)16-18-44-43(42)22-23-47(6)45(44)20-21-46(47)66-29-14-30-67-48(49(52,53)54,50(55,56)57)51(58,59)60/h17,19,35,37-39,43-46H,10-16,18,20-34,36H2,1-6,8-9H3/t39?,43-,44-,45+,46+,47+,70?/m1/s1/i5D. The number of hydrogen-bond acceptors (Lipinski definition) is 10.